The van der Waals surface area contributed by atoms with E-state index in [9.17, 15) is 0 Å². The van der Waals surface area contributed by atoms with E-state index in [1.54, 1.807) is 0 Å². The summed E-state index contributed by atoms with van der Waals surface area (Å²) in [7, 11) is 0. The molecule has 0 radical (unpaired) electrons. The second kappa shape index (κ2) is 11.8. The minimum Gasteiger partial charge on any atom is -0.399 e. The highest BCUT2D eigenvalue weighted by molar-refractivity contribution is 5.46. The van der Waals surface area contributed by atoms with Crippen LogP contribution in [0, 0.1) is 0 Å². The molecule has 3 N–H and O–H groups in total. The van der Waals surface area contributed by atoms with Crippen molar-refractivity contribution in [2.75, 3.05) is 18.8 Å². The summed E-state index contributed by atoms with van der Waals surface area (Å²) in [4.78, 5) is 0. The van der Waals surface area contributed by atoms with E-state index in [1.165, 1.54) is 24.0 Å². The Balaban J connectivity index is 0.000000235. The van der Waals surface area contributed by atoms with Crippen molar-refractivity contribution >= 4 is 5.69 Å². The van der Waals surface area contributed by atoms with Crippen molar-refractivity contribution in [1.82, 2.24) is 5.32 Å². The van der Waals surface area contributed by atoms with Crippen LogP contribution in [0.2, 0.25) is 0 Å². The fourth-order valence-electron chi connectivity index (χ4n) is 2.16. The van der Waals surface area contributed by atoms with Gasteiger partial charge in [0.2, 0.25) is 0 Å². The molecule has 0 saturated carbocycles. The van der Waals surface area contributed by atoms with Crippen LogP contribution in [0.3, 0.4) is 0 Å². The predicted molar refractivity (Wildman–Crippen MR) is 98.2 cm³/mol. The zero-order valence-electron chi connectivity index (χ0n) is 14.0. The van der Waals surface area contributed by atoms with Crippen LogP contribution < -0.4 is 11.1 Å². The van der Waals surface area contributed by atoms with Crippen LogP contribution >= 0.6 is 0 Å². The number of unbranched alkanes of at least 4 members (excludes halogenated alkanes) is 1. The third-order valence-corrected chi connectivity index (χ3v) is 3.58. The van der Waals surface area contributed by atoms with Gasteiger partial charge >= 0.3 is 0 Å². The lowest BCUT2D eigenvalue weighted by atomic mass is 10.1. The van der Waals surface area contributed by atoms with Crippen LogP contribution in [-0.2, 0) is 12.8 Å². The molecule has 0 saturated heterocycles. The van der Waals surface area contributed by atoms with Gasteiger partial charge in [0.15, 0.2) is 0 Å². The quantitative estimate of drug-likeness (QED) is 0.585. The summed E-state index contributed by atoms with van der Waals surface area (Å²) in [6.07, 6.45) is 4.73. The first kappa shape index (κ1) is 18.2. The lowest BCUT2D eigenvalue weighted by molar-refractivity contribution is 0.640. The number of benzene rings is 2. The number of hydrogen-bond donors (Lipinski definition) is 2. The normalized spacial score (nSPS) is 9.91. The number of hydrogen-bond acceptors (Lipinski definition) is 2. The maximum absolute atomic E-state index is 5.63. The Morgan fingerprint density at radius 1 is 0.864 bits per heavy atom. The summed E-state index contributed by atoms with van der Waals surface area (Å²) >= 11 is 0. The highest BCUT2D eigenvalue weighted by Gasteiger charge is 1.91. The Bertz CT molecular complexity index is 494. The van der Waals surface area contributed by atoms with E-state index in [1.807, 2.05) is 18.2 Å². The highest BCUT2D eigenvalue weighted by Crippen LogP contribution is 2.09. The van der Waals surface area contributed by atoms with Crippen molar-refractivity contribution in [3.8, 4) is 0 Å². The van der Waals surface area contributed by atoms with E-state index >= 15 is 0 Å². The zero-order valence-corrected chi connectivity index (χ0v) is 14.0. The minimum atomic E-state index is 0.903. The van der Waals surface area contributed by atoms with E-state index < -0.39 is 0 Å². The minimum absolute atomic E-state index is 0.903. The van der Waals surface area contributed by atoms with Gasteiger partial charge in [0.05, 0.1) is 0 Å². The lowest BCUT2D eigenvalue weighted by Crippen LogP contribution is -2.18. The first-order valence-electron chi connectivity index (χ1n) is 8.36. The summed E-state index contributed by atoms with van der Waals surface area (Å²) < 4.78 is 0. The van der Waals surface area contributed by atoms with Crippen molar-refractivity contribution in [2.45, 2.75) is 39.5 Å². The SMILES string of the molecule is CCCCNCCc1ccccc1.CCc1ccccc1N. The van der Waals surface area contributed by atoms with Gasteiger partial charge in [-0.3, -0.25) is 0 Å². The summed E-state index contributed by atoms with van der Waals surface area (Å²) in [6.45, 7) is 6.58. The number of rotatable bonds is 7. The summed E-state index contributed by atoms with van der Waals surface area (Å²) in [5.41, 5.74) is 9.19. The first-order chi connectivity index (χ1) is 10.8. The molecule has 2 rings (SSSR count). The zero-order chi connectivity index (χ0) is 16.0. The first-order valence-corrected chi connectivity index (χ1v) is 8.36. The maximum Gasteiger partial charge on any atom is 0.0346 e. The van der Waals surface area contributed by atoms with Gasteiger partial charge in [0.1, 0.15) is 0 Å². The predicted octanol–water partition coefficient (Wildman–Crippen LogP) is 4.45. The topological polar surface area (TPSA) is 38.0 Å². The second-order valence-corrected chi connectivity index (χ2v) is 5.39. The molecule has 0 aliphatic carbocycles. The van der Waals surface area contributed by atoms with Gasteiger partial charge in [-0.15, -0.1) is 0 Å². The number of para-hydroxylation sites is 1. The molecular weight excluding hydrogens is 268 g/mol. The molecule has 120 valence electrons. The summed E-state index contributed by atoms with van der Waals surface area (Å²) in [5.74, 6) is 0. The Labute approximate surface area is 135 Å². The largest absolute Gasteiger partial charge is 0.399 e. The molecule has 0 unspecified atom stereocenters. The molecule has 0 aliphatic heterocycles. The molecule has 2 aromatic rings. The van der Waals surface area contributed by atoms with Crippen LogP contribution in [0.5, 0.6) is 0 Å². The second-order valence-electron chi connectivity index (χ2n) is 5.39. The molecule has 0 atom stereocenters. The number of aryl methyl sites for hydroxylation is 1. The number of nitrogen functional groups attached to an aromatic ring is 1. The molecule has 0 heterocycles. The molecule has 2 aromatic carbocycles. The average Bonchev–Trinajstić information content (AvgIpc) is 2.57. The van der Waals surface area contributed by atoms with E-state index in [0.717, 1.165) is 31.6 Å². The van der Waals surface area contributed by atoms with Gasteiger partial charge in [-0.25, -0.2) is 0 Å². The molecule has 0 aliphatic rings. The van der Waals surface area contributed by atoms with Crippen molar-refractivity contribution in [3.63, 3.8) is 0 Å². The van der Waals surface area contributed by atoms with Gasteiger partial charge in [-0.2, -0.15) is 0 Å². The smallest absolute Gasteiger partial charge is 0.0346 e. The van der Waals surface area contributed by atoms with Gasteiger partial charge in [-0.05, 0) is 49.5 Å². The number of anilines is 1. The number of nitrogens with one attached hydrogen (secondary N) is 1. The Morgan fingerprint density at radius 3 is 2.14 bits per heavy atom. The highest BCUT2D eigenvalue weighted by atomic mass is 14.8. The maximum atomic E-state index is 5.63. The van der Waals surface area contributed by atoms with Gasteiger partial charge in [-0.1, -0.05) is 68.8 Å². The van der Waals surface area contributed by atoms with Crippen LogP contribution in [0.15, 0.2) is 54.6 Å². The Morgan fingerprint density at radius 2 is 1.55 bits per heavy atom. The van der Waals surface area contributed by atoms with Crippen molar-refractivity contribution in [3.05, 3.63) is 65.7 Å². The van der Waals surface area contributed by atoms with Gasteiger partial charge in [0, 0.05) is 5.69 Å². The monoisotopic (exact) mass is 298 g/mol. The Kier molecular flexibility index (Phi) is 9.80. The molecule has 2 nitrogen and oxygen atoms in total. The van der Waals surface area contributed by atoms with Crippen LogP contribution in [0.4, 0.5) is 5.69 Å². The Hall–Kier alpha value is -1.80. The summed E-state index contributed by atoms with van der Waals surface area (Å²) in [5, 5.41) is 3.43. The molecule has 0 amide bonds. The molecule has 0 spiro atoms. The van der Waals surface area contributed by atoms with Gasteiger partial charge < -0.3 is 11.1 Å². The van der Waals surface area contributed by atoms with Crippen LogP contribution in [0.25, 0.3) is 0 Å². The van der Waals surface area contributed by atoms with E-state index in [-0.39, 0.29) is 0 Å². The molecule has 0 bridgehead atoms. The third-order valence-electron chi connectivity index (χ3n) is 3.58. The van der Waals surface area contributed by atoms with E-state index in [0.29, 0.717) is 0 Å². The van der Waals surface area contributed by atoms with Crippen molar-refractivity contribution < 1.29 is 0 Å². The fourth-order valence-corrected chi connectivity index (χ4v) is 2.16. The molecular formula is C20H30N2. The molecule has 2 heteroatoms. The van der Waals surface area contributed by atoms with Crippen LogP contribution in [0.1, 0.15) is 37.8 Å². The third kappa shape index (κ3) is 7.84. The molecule has 22 heavy (non-hydrogen) atoms. The van der Waals surface area contributed by atoms with Gasteiger partial charge in [0.25, 0.3) is 0 Å². The van der Waals surface area contributed by atoms with Crippen molar-refractivity contribution in [2.24, 2.45) is 0 Å². The standard InChI is InChI=1S/C12H19N.C8H11N/c1-2-3-10-13-11-9-12-7-5-4-6-8-12;1-2-7-5-3-4-6-8(7)9/h4-8,13H,2-3,9-11H2,1H3;3-6H,2,9H2,1H3. The fraction of sp³-hybridized carbons (Fsp3) is 0.400. The number of nitrogens with two attached hydrogens (primary N) is 1. The van der Waals surface area contributed by atoms with Crippen molar-refractivity contribution in [1.29, 1.82) is 0 Å². The lowest BCUT2D eigenvalue weighted by Gasteiger charge is -2.03. The molecule has 0 aromatic heterocycles. The summed E-state index contributed by atoms with van der Waals surface area (Å²) in [6, 6.07) is 18.6. The van der Waals surface area contributed by atoms with Crippen LogP contribution in [-0.4, -0.2) is 13.1 Å². The van der Waals surface area contributed by atoms with E-state index in [2.05, 4.69) is 55.6 Å². The van der Waals surface area contributed by atoms with E-state index in [4.69, 9.17) is 5.73 Å². The molecule has 0 fully saturated rings. The average molecular weight is 298 g/mol.